The molecule has 0 fully saturated rings. The summed E-state index contributed by atoms with van der Waals surface area (Å²) in [5.41, 5.74) is 4.25. The highest BCUT2D eigenvalue weighted by Gasteiger charge is 2.19. The second kappa shape index (κ2) is 9.00. The number of hydrogen-bond donors (Lipinski definition) is 2. The number of aryl methyl sites for hydroxylation is 2. The van der Waals surface area contributed by atoms with Crippen LogP contribution in [0.2, 0.25) is 0 Å². The molecule has 3 aromatic rings. The molecule has 0 aliphatic rings. The molecule has 0 aliphatic heterocycles. The van der Waals surface area contributed by atoms with Crippen LogP contribution in [0.25, 0.3) is 0 Å². The van der Waals surface area contributed by atoms with Crippen LogP contribution in [0.1, 0.15) is 34.2 Å². The van der Waals surface area contributed by atoms with E-state index in [1.165, 1.54) is 4.68 Å². The SMILES string of the molecule is CCc1ccccc1NC(=O)Cn1nnc(C(=O)Nc2ccc(C)cc2Br)c1C. The van der Waals surface area contributed by atoms with Crippen LogP contribution in [0, 0.1) is 13.8 Å². The fourth-order valence-corrected chi connectivity index (χ4v) is 3.49. The largest absolute Gasteiger partial charge is 0.324 e. The maximum Gasteiger partial charge on any atom is 0.278 e. The lowest BCUT2D eigenvalue weighted by Gasteiger charge is -2.10. The van der Waals surface area contributed by atoms with Crippen molar-refractivity contribution in [3.05, 3.63) is 69.5 Å². The smallest absolute Gasteiger partial charge is 0.278 e. The summed E-state index contributed by atoms with van der Waals surface area (Å²) < 4.78 is 2.20. The summed E-state index contributed by atoms with van der Waals surface area (Å²) in [6.07, 6.45) is 0.817. The van der Waals surface area contributed by atoms with Gasteiger partial charge >= 0.3 is 0 Å². The number of halogens is 1. The van der Waals surface area contributed by atoms with E-state index < -0.39 is 0 Å². The summed E-state index contributed by atoms with van der Waals surface area (Å²) in [7, 11) is 0. The Morgan fingerprint density at radius 2 is 1.83 bits per heavy atom. The van der Waals surface area contributed by atoms with E-state index in [2.05, 4.69) is 36.9 Å². The van der Waals surface area contributed by atoms with Crippen LogP contribution >= 0.6 is 15.9 Å². The first-order valence-corrected chi connectivity index (χ1v) is 10.0. The highest BCUT2D eigenvalue weighted by atomic mass is 79.9. The number of hydrogen-bond acceptors (Lipinski definition) is 4. The summed E-state index contributed by atoms with van der Waals surface area (Å²) in [5, 5.41) is 13.6. The Bertz CT molecular complexity index is 1060. The van der Waals surface area contributed by atoms with Crippen molar-refractivity contribution in [1.29, 1.82) is 0 Å². The van der Waals surface area contributed by atoms with Gasteiger partial charge in [0.15, 0.2) is 5.69 Å². The lowest BCUT2D eigenvalue weighted by Crippen LogP contribution is -2.21. The number of benzene rings is 2. The van der Waals surface area contributed by atoms with E-state index in [0.717, 1.165) is 27.7 Å². The zero-order valence-electron chi connectivity index (χ0n) is 16.5. The third kappa shape index (κ3) is 4.89. The van der Waals surface area contributed by atoms with E-state index in [9.17, 15) is 9.59 Å². The molecule has 2 N–H and O–H groups in total. The van der Waals surface area contributed by atoms with Gasteiger partial charge in [-0.2, -0.15) is 0 Å². The number of rotatable bonds is 6. The molecule has 3 rings (SSSR count). The quantitative estimate of drug-likeness (QED) is 0.585. The monoisotopic (exact) mass is 455 g/mol. The van der Waals surface area contributed by atoms with Crippen molar-refractivity contribution in [2.45, 2.75) is 33.7 Å². The summed E-state index contributed by atoms with van der Waals surface area (Å²) in [5.74, 6) is -0.609. The second-order valence-electron chi connectivity index (χ2n) is 6.68. The molecule has 0 unspecified atom stereocenters. The Labute approximate surface area is 177 Å². The van der Waals surface area contributed by atoms with Gasteiger partial charge in [0.05, 0.1) is 11.4 Å². The van der Waals surface area contributed by atoms with Gasteiger partial charge in [-0.3, -0.25) is 9.59 Å². The lowest BCUT2D eigenvalue weighted by atomic mass is 10.1. The predicted molar refractivity (Wildman–Crippen MR) is 116 cm³/mol. The maximum absolute atomic E-state index is 12.6. The summed E-state index contributed by atoms with van der Waals surface area (Å²) in [4.78, 5) is 25.0. The van der Waals surface area contributed by atoms with Crippen molar-refractivity contribution in [2.24, 2.45) is 0 Å². The first-order valence-electron chi connectivity index (χ1n) is 9.24. The standard InChI is InChI=1S/C21H22BrN5O2/c1-4-15-7-5-6-8-17(15)23-19(28)12-27-14(3)20(25-26-27)21(29)24-18-10-9-13(2)11-16(18)22/h5-11H,4,12H2,1-3H3,(H,23,28)(H,24,29). The molecule has 0 bridgehead atoms. The third-order valence-corrected chi connectivity index (χ3v) is 5.19. The van der Waals surface area contributed by atoms with Crippen LogP contribution in [0.4, 0.5) is 11.4 Å². The summed E-state index contributed by atoms with van der Waals surface area (Å²) >= 11 is 3.44. The van der Waals surface area contributed by atoms with Gasteiger partial charge in [0, 0.05) is 10.2 Å². The van der Waals surface area contributed by atoms with Crippen molar-refractivity contribution in [3.8, 4) is 0 Å². The van der Waals surface area contributed by atoms with E-state index in [0.29, 0.717) is 11.4 Å². The number of nitrogens with zero attached hydrogens (tertiary/aromatic N) is 3. The minimum atomic E-state index is -0.380. The zero-order valence-corrected chi connectivity index (χ0v) is 18.1. The van der Waals surface area contributed by atoms with Crippen LogP contribution in [-0.2, 0) is 17.8 Å². The van der Waals surface area contributed by atoms with Crippen LogP contribution in [0.5, 0.6) is 0 Å². The fourth-order valence-electron chi connectivity index (χ4n) is 2.90. The maximum atomic E-state index is 12.6. The Kier molecular flexibility index (Phi) is 6.43. The molecule has 0 saturated carbocycles. The topological polar surface area (TPSA) is 88.9 Å². The third-order valence-electron chi connectivity index (χ3n) is 4.54. The molecule has 8 heteroatoms. The van der Waals surface area contributed by atoms with E-state index in [1.807, 2.05) is 56.3 Å². The van der Waals surface area contributed by atoms with Crippen molar-refractivity contribution in [3.63, 3.8) is 0 Å². The molecule has 0 aliphatic carbocycles. The molecule has 2 aromatic carbocycles. The van der Waals surface area contributed by atoms with E-state index in [4.69, 9.17) is 0 Å². The average Bonchev–Trinajstić information content (AvgIpc) is 3.04. The van der Waals surface area contributed by atoms with Crippen molar-refractivity contribution in [1.82, 2.24) is 15.0 Å². The van der Waals surface area contributed by atoms with Crippen molar-refractivity contribution >= 4 is 39.1 Å². The van der Waals surface area contributed by atoms with Gasteiger partial charge in [0.2, 0.25) is 5.91 Å². The molecular formula is C21H22BrN5O2. The molecule has 0 atom stereocenters. The zero-order chi connectivity index (χ0) is 21.0. The van der Waals surface area contributed by atoms with Crippen molar-refractivity contribution in [2.75, 3.05) is 10.6 Å². The number of nitrogens with one attached hydrogen (secondary N) is 2. The molecule has 0 saturated heterocycles. The lowest BCUT2D eigenvalue weighted by molar-refractivity contribution is -0.117. The fraction of sp³-hybridized carbons (Fsp3) is 0.238. The first kappa shape index (κ1) is 20.7. The predicted octanol–water partition coefficient (Wildman–Crippen LogP) is 4.11. The minimum absolute atomic E-state index is 0.0294. The molecule has 1 heterocycles. The van der Waals surface area contributed by atoms with Gasteiger partial charge in [-0.1, -0.05) is 36.4 Å². The van der Waals surface area contributed by atoms with E-state index in [-0.39, 0.29) is 24.1 Å². The molecule has 0 radical (unpaired) electrons. The molecular weight excluding hydrogens is 434 g/mol. The molecule has 1 aromatic heterocycles. The van der Waals surface area contributed by atoms with Gasteiger partial charge in [-0.05, 0) is 65.5 Å². The Hall–Kier alpha value is -3.00. The van der Waals surface area contributed by atoms with E-state index in [1.54, 1.807) is 6.92 Å². The molecule has 0 spiro atoms. The highest BCUT2D eigenvalue weighted by Crippen LogP contribution is 2.24. The highest BCUT2D eigenvalue weighted by molar-refractivity contribution is 9.10. The average molecular weight is 456 g/mol. The number of para-hydroxylation sites is 1. The molecule has 150 valence electrons. The van der Waals surface area contributed by atoms with Crippen LogP contribution < -0.4 is 10.6 Å². The van der Waals surface area contributed by atoms with Gasteiger partial charge in [0.25, 0.3) is 5.91 Å². The van der Waals surface area contributed by atoms with Crippen LogP contribution in [-0.4, -0.2) is 26.8 Å². The van der Waals surface area contributed by atoms with Crippen LogP contribution in [0.15, 0.2) is 46.9 Å². The number of amides is 2. The van der Waals surface area contributed by atoms with Gasteiger partial charge in [-0.25, -0.2) is 4.68 Å². The normalized spacial score (nSPS) is 10.6. The minimum Gasteiger partial charge on any atom is -0.324 e. The Morgan fingerprint density at radius 1 is 1.07 bits per heavy atom. The first-order chi connectivity index (χ1) is 13.9. The summed E-state index contributed by atoms with van der Waals surface area (Å²) in [6, 6.07) is 13.3. The van der Waals surface area contributed by atoms with E-state index >= 15 is 0 Å². The van der Waals surface area contributed by atoms with Crippen LogP contribution in [0.3, 0.4) is 0 Å². The molecule has 29 heavy (non-hydrogen) atoms. The van der Waals surface area contributed by atoms with Crippen molar-refractivity contribution < 1.29 is 9.59 Å². The number of carbonyl (C=O) groups is 2. The summed E-state index contributed by atoms with van der Waals surface area (Å²) in [6.45, 7) is 5.69. The molecule has 7 nitrogen and oxygen atoms in total. The van der Waals surface area contributed by atoms with Gasteiger partial charge in [-0.15, -0.1) is 5.10 Å². The second-order valence-corrected chi connectivity index (χ2v) is 7.53. The molecule has 2 amide bonds. The Morgan fingerprint density at radius 3 is 2.55 bits per heavy atom. The Balaban J connectivity index is 1.70. The number of anilines is 2. The van der Waals surface area contributed by atoms with Gasteiger partial charge < -0.3 is 10.6 Å². The number of aromatic nitrogens is 3. The van der Waals surface area contributed by atoms with Gasteiger partial charge in [0.1, 0.15) is 6.54 Å². The number of carbonyl (C=O) groups excluding carboxylic acids is 2.